The quantitative estimate of drug-likeness (QED) is 0.326. The average molecular weight is 499 g/mol. The molecule has 0 saturated carbocycles. The molecule has 28 heavy (non-hydrogen) atoms. The fourth-order valence-electron chi connectivity index (χ4n) is 2.35. The molecule has 1 fully saturated rings. The van der Waals surface area contributed by atoms with Gasteiger partial charge in [-0.2, -0.15) is 0 Å². The van der Waals surface area contributed by atoms with E-state index in [0.29, 0.717) is 30.2 Å². The maximum absolute atomic E-state index is 12.8. The van der Waals surface area contributed by atoms with Crippen LogP contribution in [0.25, 0.3) is 6.08 Å². The van der Waals surface area contributed by atoms with Gasteiger partial charge in [0.15, 0.2) is 10.9 Å². The van der Waals surface area contributed by atoms with Gasteiger partial charge in [0.2, 0.25) is 0 Å². The van der Waals surface area contributed by atoms with E-state index in [0.717, 1.165) is 5.56 Å². The van der Waals surface area contributed by atoms with Crippen molar-refractivity contribution >= 4 is 79.5 Å². The van der Waals surface area contributed by atoms with Gasteiger partial charge in [0.25, 0.3) is 5.91 Å². The largest absolute Gasteiger partial charge is 0.481 e. The number of carbonyl (C=O) groups excluding carboxylic acids is 2. The Morgan fingerprint density at radius 3 is 2.64 bits per heavy atom. The summed E-state index contributed by atoms with van der Waals surface area (Å²) >= 11 is 15.9. The molecule has 1 aliphatic rings. The predicted octanol–water partition coefficient (Wildman–Crippen LogP) is 5.06. The van der Waals surface area contributed by atoms with E-state index in [-0.39, 0.29) is 12.5 Å². The Hall–Kier alpha value is -1.87. The smallest absolute Gasteiger partial charge is 0.343 e. The lowest BCUT2D eigenvalue weighted by Gasteiger charge is -2.14. The number of thiocarbonyl (C=S) groups is 1. The number of nitrogens with zero attached hydrogens (tertiary/aromatic N) is 1. The van der Waals surface area contributed by atoms with Gasteiger partial charge < -0.3 is 9.47 Å². The molecule has 0 unspecified atom stereocenters. The van der Waals surface area contributed by atoms with Crippen molar-refractivity contribution in [3.05, 3.63) is 62.4 Å². The molecule has 3 rings (SSSR count). The lowest BCUT2D eigenvalue weighted by Crippen LogP contribution is -2.27. The number of ether oxygens (including phenoxy) is 2. The van der Waals surface area contributed by atoms with Gasteiger partial charge >= 0.3 is 5.97 Å². The molecule has 1 aliphatic heterocycles. The van der Waals surface area contributed by atoms with E-state index in [1.54, 1.807) is 48.5 Å². The predicted molar refractivity (Wildman–Crippen MR) is 119 cm³/mol. The Morgan fingerprint density at radius 2 is 2.00 bits per heavy atom. The van der Waals surface area contributed by atoms with Crippen LogP contribution in [0.2, 0.25) is 5.02 Å². The van der Waals surface area contributed by atoms with Gasteiger partial charge in [-0.25, -0.2) is 4.79 Å². The van der Waals surface area contributed by atoms with Crippen molar-refractivity contribution in [3.8, 4) is 5.75 Å². The molecule has 0 aromatic heterocycles. The van der Waals surface area contributed by atoms with E-state index in [4.69, 9.17) is 28.6 Å². The summed E-state index contributed by atoms with van der Waals surface area (Å²) in [5.41, 5.74) is 1.46. The van der Waals surface area contributed by atoms with Crippen LogP contribution in [0.3, 0.4) is 0 Å². The van der Waals surface area contributed by atoms with Crippen LogP contribution in [-0.2, 0) is 14.3 Å². The van der Waals surface area contributed by atoms with Gasteiger partial charge in [-0.15, -0.1) is 0 Å². The maximum Gasteiger partial charge on any atom is 0.343 e. The Bertz CT molecular complexity index is 978. The van der Waals surface area contributed by atoms with Gasteiger partial charge in [-0.3, -0.25) is 9.69 Å². The molecule has 9 heteroatoms. The fraction of sp³-hybridized carbons (Fsp3) is 0.105. The van der Waals surface area contributed by atoms with E-state index < -0.39 is 5.97 Å². The molecule has 0 spiro atoms. The lowest BCUT2D eigenvalue weighted by atomic mass is 10.2. The number of hydrogen-bond acceptors (Lipinski definition) is 6. The highest BCUT2D eigenvalue weighted by Crippen LogP contribution is 2.37. The second-order valence-electron chi connectivity index (χ2n) is 5.55. The summed E-state index contributed by atoms with van der Waals surface area (Å²) in [6.07, 6.45) is 1.75. The third-order valence-corrected chi connectivity index (χ3v) is 5.88. The number of esters is 1. The normalized spacial score (nSPS) is 15.2. The van der Waals surface area contributed by atoms with Crippen LogP contribution in [0.4, 0.5) is 5.69 Å². The molecule has 0 N–H and O–H groups in total. The Balaban J connectivity index is 1.79. The molecule has 0 aliphatic carbocycles. The van der Waals surface area contributed by atoms with Crippen LogP contribution in [0, 0.1) is 0 Å². The zero-order chi connectivity index (χ0) is 20.3. The van der Waals surface area contributed by atoms with E-state index in [1.807, 2.05) is 0 Å². The zero-order valence-electron chi connectivity index (χ0n) is 14.5. The van der Waals surface area contributed by atoms with Crippen molar-refractivity contribution < 1.29 is 19.1 Å². The monoisotopic (exact) mass is 497 g/mol. The molecule has 144 valence electrons. The minimum Gasteiger partial charge on any atom is -0.481 e. The van der Waals surface area contributed by atoms with Crippen LogP contribution in [0.5, 0.6) is 5.75 Å². The number of rotatable bonds is 5. The second kappa shape index (κ2) is 9.09. The summed E-state index contributed by atoms with van der Waals surface area (Å²) in [6.45, 7) is -0.186. The van der Waals surface area contributed by atoms with Crippen molar-refractivity contribution in [1.29, 1.82) is 0 Å². The number of thioether (sulfide) groups is 1. The summed E-state index contributed by atoms with van der Waals surface area (Å²) in [5, 5.41) is 0.587. The summed E-state index contributed by atoms with van der Waals surface area (Å²) in [6, 6.07) is 12.2. The summed E-state index contributed by atoms with van der Waals surface area (Å²) in [5.74, 6) is -0.169. The molecule has 0 radical (unpaired) electrons. The lowest BCUT2D eigenvalue weighted by molar-refractivity contribution is -0.142. The molecule has 2 aromatic rings. The molecule has 2 aromatic carbocycles. The number of methoxy groups -OCH3 is 1. The minimum absolute atomic E-state index is 0.186. The van der Waals surface area contributed by atoms with E-state index in [2.05, 4.69) is 20.7 Å². The third-order valence-electron chi connectivity index (χ3n) is 3.71. The highest BCUT2D eigenvalue weighted by atomic mass is 79.9. The standard InChI is InChI=1S/C19H13BrClNO4S2/c1-25-17(23)10-26-15-7-2-11(8-14(15)20)9-16-18(24)22(19(27)28-16)13-5-3-12(21)4-6-13/h2-9H,10H2,1H3/b16-9-. The fourth-order valence-corrected chi connectivity index (χ4v) is 4.29. The number of hydrogen-bond donors (Lipinski definition) is 0. The second-order valence-corrected chi connectivity index (χ2v) is 8.51. The van der Waals surface area contributed by atoms with Gasteiger partial charge in [0.1, 0.15) is 5.75 Å². The Kier molecular flexibility index (Phi) is 6.77. The summed E-state index contributed by atoms with van der Waals surface area (Å²) in [4.78, 5) is 26.0. The number of anilines is 1. The van der Waals surface area contributed by atoms with Crippen LogP contribution in [-0.4, -0.2) is 29.9 Å². The number of benzene rings is 2. The third kappa shape index (κ3) is 4.75. The van der Waals surface area contributed by atoms with Gasteiger partial charge in [0, 0.05) is 5.02 Å². The van der Waals surface area contributed by atoms with Crippen molar-refractivity contribution in [1.82, 2.24) is 0 Å². The van der Waals surface area contributed by atoms with Crippen molar-refractivity contribution in [2.75, 3.05) is 18.6 Å². The first-order valence-electron chi connectivity index (χ1n) is 7.91. The highest BCUT2D eigenvalue weighted by Gasteiger charge is 2.33. The summed E-state index contributed by atoms with van der Waals surface area (Å²) < 4.78 is 11.0. The van der Waals surface area contributed by atoms with Crippen LogP contribution in [0.1, 0.15) is 5.56 Å². The number of amides is 1. The van der Waals surface area contributed by atoms with Gasteiger partial charge in [-0.1, -0.05) is 41.6 Å². The molecular weight excluding hydrogens is 486 g/mol. The number of carbonyl (C=O) groups is 2. The first-order valence-corrected chi connectivity index (χ1v) is 10.3. The maximum atomic E-state index is 12.8. The molecule has 1 heterocycles. The van der Waals surface area contributed by atoms with Crippen molar-refractivity contribution in [3.63, 3.8) is 0 Å². The van der Waals surface area contributed by atoms with Crippen molar-refractivity contribution in [2.24, 2.45) is 0 Å². The Morgan fingerprint density at radius 1 is 1.29 bits per heavy atom. The molecular formula is C19H13BrClNO4S2. The molecule has 1 amide bonds. The Labute approximate surface area is 184 Å². The zero-order valence-corrected chi connectivity index (χ0v) is 18.5. The summed E-state index contributed by atoms with van der Waals surface area (Å²) in [7, 11) is 1.30. The molecule has 0 atom stereocenters. The average Bonchev–Trinajstić information content (AvgIpc) is 2.95. The van der Waals surface area contributed by atoms with Crippen molar-refractivity contribution in [2.45, 2.75) is 0 Å². The molecule has 5 nitrogen and oxygen atoms in total. The topological polar surface area (TPSA) is 55.8 Å². The first kappa shape index (κ1) is 20.9. The molecule has 0 bridgehead atoms. The van der Waals surface area contributed by atoms with E-state index >= 15 is 0 Å². The van der Waals surface area contributed by atoms with Crippen LogP contribution < -0.4 is 9.64 Å². The first-order chi connectivity index (χ1) is 13.4. The SMILES string of the molecule is COC(=O)COc1ccc(/C=C2\SC(=S)N(c3ccc(Cl)cc3)C2=O)cc1Br. The van der Waals surface area contributed by atoms with Gasteiger partial charge in [-0.05, 0) is 64.0 Å². The number of halogens is 2. The highest BCUT2D eigenvalue weighted by molar-refractivity contribution is 9.10. The minimum atomic E-state index is -0.471. The van der Waals surface area contributed by atoms with E-state index in [1.165, 1.54) is 23.8 Å². The van der Waals surface area contributed by atoms with Crippen LogP contribution in [0.15, 0.2) is 51.8 Å². The van der Waals surface area contributed by atoms with E-state index in [9.17, 15) is 9.59 Å². The molecule has 1 saturated heterocycles. The van der Waals surface area contributed by atoms with Gasteiger partial charge in [0.05, 0.1) is 22.2 Å². The van der Waals surface area contributed by atoms with Crippen LogP contribution >= 0.6 is 51.5 Å².